The molecule has 0 saturated carbocycles. The van der Waals surface area contributed by atoms with Gasteiger partial charge >= 0.3 is 5.97 Å². The van der Waals surface area contributed by atoms with Crippen molar-refractivity contribution in [1.29, 1.82) is 0 Å². The minimum atomic E-state index is -0.294. The molecule has 0 radical (unpaired) electrons. The minimum Gasteiger partial charge on any atom is -0.465 e. The van der Waals surface area contributed by atoms with Crippen LogP contribution in [0.15, 0.2) is 54.6 Å². The van der Waals surface area contributed by atoms with Crippen molar-refractivity contribution >= 4 is 16.7 Å². The van der Waals surface area contributed by atoms with E-state index in [0.717, 1.165) is 17.4 Å². The summed E-state index contributed by atoms with van der Waals surface area (Å²) in [5.41, 5.74) is 5.45. The number of aryl methyl sites for hydroxylation is 2. The number of esters is 1. The number of rotatable bonds is 3. The summed E-state index contributed by atoms with van der Waals surface area (Å²) in [6.07, 6.45) is 0.797. The van der Waals surface area contributed by atoms with Crippen molar-refractivity contribution in [3.63, 3.8) is 0 Å². The molecule has 0 N–H and O–H groups in total. The Kier molecular flexibility index (Phi) is 4.16. The maximum atomic E-state index is 12.0. The van der Waals surface area contributed by atoms with E-state index in [1.54, 1.807) is 0 Å². The van der Waals surface area contributed by atoms with Gasteiger partial charge in [-0.3, -0.25) is 0 Å². The Morgan fingerprint density at radius 1 is 0.913 bits per heavy atom. The Bertz CT molecular complexity index is 861. The summed E-state index contributed by atoms with van der Waals surface area (Å²) in [5, 5.41) is 2.26. The molecule has 3 rings (SSSR count). The van der Waals surface area contributed by atoms with Crippen molar-refractivity contribution in [2.24, 2.45) is 0 Å². The molecule has 0 spiro atoms. The first-order valence-electron chi connectivity index (χ1n) is 7.74. The molecule has 3 aromatic rings. The van der Waals surface area contributed by atoms with E-state index in [1.807, 2.05) is 12.1 Å². The molecule has 0 saturated heterocycles. The lowest BCUT2D eigenvalue weighted by Gasteiger charge is -2.11. The van der Waals surface area contributed by atoms with Crippen LogP contribution in [-0.2, 0) is 11.2 Å². The van der Waals surface area contributed by atoms with Crippen molar-refractivity contribution in [3.8, 4) is 0 Å². The third kappa shape index (κ3) is 3.26. The quantitative estimate of drug-likeness (QED) is 0.648. The van der Waals surface area contributed by atoms with Crippen LogP contribution in [0.3, 0.4) is 0 Å². The van der Waals surface area contributed by atoms with Crippen LogP contribution in [0.2, 0.25) is 0 Å². The normalized spacial score (nSPS) is 10.7. The summed E-state index contributed by atoms with van der Waals surface area (Å²) in [4.78, 5) is 12.0. The van der Waals surface area contributed by atoms with E-state index >= 15 is 0 Å². The lowest BCUT2D eigenvalue weighted by atomic mass is 9.94. The summed E-state index contributed by atoms with van der Waals surface area (Å²) in [6, 6.07) is 18.7. The van der Waals surface area contributed by atoms with Gasteiger partial charge in [-0.05, 0) is 54.3 Å². The van der Waals surface area contributed by atoms with Crippen LogP contribution in [0.5, 0.6) is 0 Å². The van der Waals surface area contributed by atoms with Crippen LogP contribution in [0.4, 0.5) is 0 Å². The lowest BCUT2D eigenvalue weighted by Crippen LogP contribution is -2.03. The Morgan fingerprint density at radius 3 is 2.30 bits per heavy atom. The van der Waals surface area contributed by atoms with Gasteiger partial charge in [0.1, 0.15) is 0 Å². The number of methoxy groups -OCH3 is 1. The van der Waals surface area contributed by atoms with E-state index in [-0.39, 0.29) is 5.97 Å². The van der Waals surface area contributed by atoms with Crippen molar-refractivity contribution in [3.05, 3.63) is 82.4 Å². The van der Waals surface area contributed by atoms with Crippen molar-refractivity contribution in [2.45, 2.75) is 20.3 Å². The first-order chi connectivity index (χ1) is 11.1. The van der Waals surface area contributed by atoms with Gasteiger partial charge in [-0.1, -0.05) is 53.6 Å². The second-order valence-corrected chi connectivity index (χ2v) is 6.01. The highest BCUT2D eigenvalue weighted by Gasteiger charge is 2.11. The van der Waals surface area contributed by atoms with E-state index in [9.17, 15) is 4.79 Å². The lowest BCUT2D eigenvalue weighted by molar-refractivity contribution is 0.0601. The van der Waals surface area contributed by atoms with E-state index in [2.05, 4.69) is 56.3 Å². The minimum absolute atomic E-state index is 0.294. The smallest absolute Gasteiger partial charge is 0.337 e. The van der Waals surface area contributed by atoms with Gasteiger partial charge in [0.05, 0.1) is 12.7 Å². The van der Waals surface area contributed by atoms with Crippen molar-refractivity contribution in [1.82, 2.24) is 0 Å². The third-order valence-corrected chi connectivity index (χ3v) is 4.13. The summed E-state index contributed by atoms with van der Waals surface area (Å²) < 4.78 is 4.89. The van der Waals surface area contributed by atoms with Gasteiger partial charge < -0.3 is 4.74 Å². The van der Waals surface area contributed by atoms with Gasteiger partial charge in [0.25, 0.3) is 0 Å². The molecule has 2 heteroatoms. The molecule has 0 aliphatic carbocycles. The predicted octanol–water partition coefficient (Wildman–Crippen LogP) is 4.83. The van der Waals surface area contributed by atoms with Crippen LogP contribution in [0, 0.1) is 13.8 Å². The SMILES string of the molecule is COC(=O)c1cc(Cc2ccc(C)cc2)c2cc(C)ccc2c1. The predicted molar refractivity (Wildman–Crippen MR) is 94.0 cm³/mol. The Labute approximate surface area is 136 Å². The number of carbonyl (C=O) groups is 1. The second-order valence-electron chi connectivity index (χ2n) is 6.01. The highest BCUT2D eigenvalue weighted by atomic mass is 16.5. The number of ether oxygens (including phenoxy) is 1. The molecule has 0 aliphatic rings. The van der Waals surface area contributed by atoms with Crippen LogP contribution in [0.25, 0.3) is 10.8 Å². The van der Waals surface area contributed by atoms with Gasteiger partial charge in [-0.15, -0.1) is 0 Å². The van der Waals surface area contributed by atoms with Crippen LogP contribution in [-0.4, -0.2) is 13.1 Å². The largest absolute Gasteiger partial charge is 0.465 e. The molecular weight excluding hydrogens is 284 g/mol. The maximum absolute atomic E-state index is 12.0. The van der Waals surface area contributed by atoms with Gasteiger partial charge in [0, 0.05) is 0 Å². The zero-order valence-electron chi connectivity index (χ0n) is 13.7. The number of fused-ring (bicyclic) bond motifs is 1. The first-order valence-corrected chi connectivity index (χ1v) is 7.74. The van der Waals surface area contributed by atoms with Crippen molar-refractivity contribution < 1.29 is 9.53 Å². The molecule has 0 amide bonds. The highest BCUT2D eigenvalue weighted by Crippen LogP contribution is 2.25. The molecule has 0 atom stereocenters. The van der Waals surface area contributed by atoms with Crippen LogP contribution >= 0.6 is 0 Å². The molecule has 0 aromatic heterocycles. The fourth-order valence-corrected chi connectivity index (χ4v) is 2.86. The number of hydrogen-bond donors (Lipinski definition) is 0. The fraction of sp³-hybridized carbons (Fsp3) is 0.190. The van der Waals surface area contributed by atoms with Gasteiger partial charge in [0.2, 0.25) is 0 Å². The highest BCUT2D eigenvalue weighted by molar-refractivity contribution is 5.97. The summed E-state index contributed by atoms with van der Waals surface area (Å²) in [7, 11) is 1.42. The van der Waals surface area contributed by atoms with Gasteiger partial charge in [0.15, 0.2) is 0 Å². The standard InChI is InChI=1S/C21H20O2/c1-14-4-7-16(8-5-14)11-18-13-19(21(22)23-3)12-17-9-6-15(2)10-20(17)18/h4-10,12-13H,11H2,1-3H3. The Balaban J connectivity index is 2.13. The zero-order chi connectivity index (χ0) is 16.4. The molecule has 0 heterocycles. The molecule has 0 unspecified atom stereocenters. The Hall–Kier alpha value is -2.61. The molecule has 0 fully saturated rings. The molecular formula is C21H20O2. The average Bonchev–Trinajstić information content (AvgIpc) is 2.56. The van der Waals surface area contributed by atoms with Gasteiger partial charge in [-0.2, -0.15) is 0 Å². The number of benzene rings is 3. The van der Waals surface area contributed by atoms with Crippen LogP contribution in [0.1, 0.15) is 32.6 Å². The molecule has 3 aromatic carbocycles. The van der Waals surface area contributed by atoms with E-state index < -0.39 is 0 Å². The van der Waals surface area contributed by atoms with E-state index in [1.165, 1.54) is 29.2 Å². The van der Waals surface area contributed by atoms with Crippen LogP contribution < -0.4 is 0 Å². The molecule has 116 valence electrons. The summed E-state index contributed by atoms with van der Waals surface area (Å²) in [5.74, 6) is -0.294. The van der Waals surface area contributed by atoms with E-state index in [4.69, 9.17) is 4.74 Å². The average molecular weight is 304 g/mol. The monoisotopic (exact) mass is 304 g/mol. The fourth-order valence-electron chi connectivity index (χ4n) is 2.86. The maximum Gasteiger partial charge on any atom is 0.337 e. The zero-order valence-corrected chi connectivity index (χ0v) is 13.7. The second kappa shape index (κ2) is 6.25. The third-order valence-electron chi connectivity index (χ3n) is 4.13. The molecule has 2 nitrogen and oxygen atoms in total. The molecule has 23 heavy (non-hydrogen) atoms. The van der Waals surface area contributed by atoms with E-state index in [0.29, 0.717) is 5.56 Å². The summed E-state index contributed by atoms with van der Waals surface area (Å²) in [6.45, 7) is 4.17. The molecule has 0 aliphatic heterocycles. The topological polar surface area (TPSA) is 26.3 Å². The van der Waals surface area contributed by atoms with Crippen molar-refractivity contribution in [2.75, 3.05) is 7.11 Å². The number of carbonyl (C=O) groups excluding carboxylic acids is 1. The van der Waals surface area contributed by atoms with Gasteiger partial charge in [-0.25, -0.2) is 4.79 Å². The summed E-state index contributed by atoms with van der Waals surface area (Å²) >= 11 is 0. The molecule has 0 bridgehead atoms. The Morgan fingerprint density at radius 2 is 1.61 bits per heavy atom. The number of hydrogen-bond acceptors (Lipinski definition) is 2. The first kappa shape index (κ1) is 15.3.